The summed E-state index contributed by atoms with van der Waals surface area (Å²) in [4.78, 5) is 35.9. The third-order valence-corrected chi connectivity index (χ3v) is 3.08. The molecule has 0 aliphatic heterocycles. The van der Waals surface area contributed by atoms with Crippen LogP contribution in [0, 0.1) is 0 Å². The van der Waals surface area contributed by atoms with Crippen LogP contribution >= 0.6 is 0 Å². The molecule has 0 aliphatic carbocycles. The van der Waals surface area contributed by atoms with Gasteiger partial charge in [-0.2, -0.15) is 5.10 Å². The highest BCUT2D eigenvalue weighted by molar-refractivity contribution is 5.86. The van der Waals surface area contributed by atoms with Crippen molar-refractivity contribution < 1.29 is 14.6 Å². The number of aromatic nitrogens is 3. The summed E-state index contributed by atoms with van der Waals surface area (Å²) in [6.07, 6.45) is 1.29. The van der Waals surface area contributed by atoms with Gasteiger partial charge in [-0.25, -0.2) is 15.3 Å². The molecule has 1 aromatic carbocycles. The van der Waals surface area contributed by atoms with E-state index in [1.54, 1.807) is 25.1 Å². The molecule has 0 saturated carbocycles. The third-order valence-electron chi connectivity index (χ3n) is 3.08. The van der Waals surface area contributed by atoms with Gasteiger partial charge >= 0.3 is 5.69 Å². The van der Waals surface area contributed by atoms with E-state index in [9.17, 15) is 19.5 Å². The second-order valence-electron chi connectivity index (χ2n) is 4.95. The number of rotatable bonds is 8. The van der Waals surface area contributed by atoms with Crippen LogP contribution < -0.4 is 26.7 Å². The quantitative estimate of drug-likeness (QED) is 0.313. The summed E-state index contributed by atoms with van der Waals surface area (Å²) in [7, 11) is 0. The minimum absolute atomic E-state index is 0.00253. The Morgan fingerprint density at radius 3 is 2.96 bits per heavy atom. The van der Waals surface area contributed by atoms with Gasteiger partial charge in [-0.3, -0.25) is 14.6 Å². The number of hydrogen-bond acceptors (Lipinski definition) is 8. The van der Waals surface area contributed by atoms with Gasteiger partial charge in [0.2, 0.25) is 11.7 Å². The lowest BCUT2D eigenvalue weighted by atomic mass is 10.2. The number of nitrogens with zero attached hydrogens (tertiary/aromatic N) is 2. The molecule has 1 heterocycles. The fourth-order valence-corrected chi connectivity index (χ4v) is 1.91. The van der Waals surface area contributed by atoms with Crippen LogP contribution in [0.3, 0.4) is 0 Å². The van der Waals surface area contributed by atoms with Crippen molar-refractivity contribution in [3.63, 3.8) is 0 Å². The molecular weight excluding hydrogens is 344 g/mol. The number of H-pyrrole nitrogens is 2. The third kappa shape index (κ3) is 5.19. The molecular formula is C15H18N6O5. The molecule has 0 bridgehead atoms. The Balaban J connectivity index is 1.83. The maximum Gasteiger partial charge on any atom is 0.342 e. The second kappa shape index (κ2) is 9.01. The first-order valence-corrected chi connectivity index (χ1v) is 7.70. The van der Waals surface area contributed by atoms with E-state index in [0.29, 0.717) is 17.9 Å². The van der Waals surface area contributed by atoms with Gasteiger partial charge in [0.1, 0.15) is 0 Å². The number of aromatic amines is 2. The summed E-state index contributed by atoms with van der Waals surface area (Å²) in [5, 5.41) is 22.0. The van der Waals surface area contributed by atoms with Crippen LogP contribution in [0.5, 0.6) is 11.5 Å². The number of anilines is 1. The molecule has 0 unspecified atom stereocenters. The molecule has 0 spiro atoms. The largest absolute Gasteiger partial charge is 0.504 e. The molecule has 0 radical (unpaired) electrons. The van der Waals surface area contributed by atoms with Crippen LogP contribution in [-0.4, -0.2) is 45.6 Å². The first kappa shape index (κ1) is 18.7. The first-order chi connectivity index (χ1) is 12.5. The normalized spacial score (nSPS) is 10.7. The number of para-hydroxylation sites is 1. The lowest BCUT2D eigenvalue weighted by Gasteiger charge is -2.07. The Morgan fingerprint density at radius 2 is 2.23 bits per heavy atom. The molecule has 11 nitrogen and oxygen atoms in total. The second-order valence-corrected chi connectivity index (χ2v) is 4.95. The number of phenols is 1. The predicted molar refractivity (Wildman–Crippen MR) is 93.6 cm³/mol. The summed E-state index contributed by atoms with van der Waals surface area (Å²) in [6.45, 7) is 2.31. The maximum atomic E-state index is 11.7. The van der Waals surface area contributed by atoms with Crippen LogP contribution in [0.15, 0.2) is 32.9 Å². The fourth-order valence-electron chi connectivity index (χ4n) is 1.91. The van der Waals surface area contributed by atoms with Crippen molar-refractivity contribution in [3.8, 4) is 11.5 Å². The molecule has 0 atom stereocenters. The van der Waals surface area contributed by atoms with Gasteiger partial charge < -0.3 is 15.2 Å². The van der Waals surface area contributed by atoms with Crippen molar-refractivity contribution in [2.45, 2.75) is 13.3 Å². The van der Waals surface area contributed by atoms with Gasteiger partial charge in [0.25, 0.3) is 5.56 Å². The summed E-state index contributed by atoms with van der Waals surface area (Å²) in [6, 6.07) is 4.92. The number of carbonyl (C=O) groups is 1. The van der Waals surface area contributed by atoms with Crippen molar-refractivity contribution in [1.29, 1.82) is 0 Å². The lowest BCUT2D eigenvalue weighted by molar-refractivity contribution is -0.120. The van der Waals surface area contributed by atoms with E-state index < -0.39 is 17.2 Å². The molecule has 1 amide bonds. The molecule has 26 heavy (non-hydrogen) atoms. The number of carbonyl (C=O) groups excluding carboxylic acids is 1. The van der Waals surface area contributed by atoms with Crippen LogP contribution in [0.1, 0.15) is 18.9 Å². The molecule has 138 valence electrons. The van der Waals surface area contributed by atoms with Crippen LogP contribution in [0.2, 0.25) is 0 Å². The highest BCUT2D eigenvalue weighted by Crippen LogP contribution is 2.28. The van der Waals surface area contributed by atoms with E-state index in [2.05, 4.69) is 26.0 Å². The van der Waals surface area contributed by atoms with Gasteiger partial charge in [0.15, 0.2) is 11.5 Å². The molecule has 0 aliphatic rings. The van der Waals surface area contributed by atoms with Gasteiger partial charge in [-0.05, 0) is 19.1 Å². The van der Waals surface area contributed by atoms with Gasteiger partial charge in [0.05, 0.1) is 12.8 Å². The number of hydrogen-bond donors (Lipinski definition) is 5. The Hall–Kier alpha value is -3.63. The number of nitrogens with one attached hydrogen (secondary N) is 4. The summed E-state index contributed by atoms with van der Waals surface area (Å²) >= 11 is 0. The number of ether oxygens (including phenoxy) is 1. The zero-order valence-corrected chi connectivity index (χ0v) is 13.9. The maximum absolute atomic E-state index is 11.7. The van der Waals surface area contributed by atoms with E-state index in [-0.39, 0.29) is 24.5 Å². The monoisotopic (exact) mass is 362 g/mol. The van der Waals surface area contributed by atoms with E-state index >= 15 is 0 Å². The SMILES string of the molecule is CCOc1cccc(/C=N/NC(=O)CCNc2n[nH]c(=O)[nH]c2=O)c1O. The van der Waals surface area contributed by atoms with E-state index in [4.69, 9.17) is 4.74 Å². The topological polar surface area (TPSA) is 162 Å². The molecule has 1 aromatic heterocycles. The van der Waals surface area contributed by atoms with Gasteiger partial charge in [-0.15, -0.1) is 5.10 Å². The standard InChI is InChI=1S/C15H18N6O5/c1-2-26-10-5-3-4-9(12(10)23)8-17-19-11(22)6-7-16-13-14(24)18-15(25)21-20-13/h3-5,8,23H,2,6-7H2,1H3,(H,16,20)(H,19,22)(H2,18,21,24,25)/b17-8+. The number of phenolic OH excluding ortho intramolecular Hbond substituents is 1. The lowest BCUT2D eigenvalue weighted by Crippen LogP contribution is -2.28. The van der Waals surface area contributed by atoms with Gasteiger partial charge in [0, 0.05) is 18.5 Å². The minimum atomic E-state index is -0.718. The zero-order valence-electron chi connectivity index (χ0n) is 13.9. The number of aromatic hydroxyl groups is 1. The van der Waals surface area contributed by atoms with Crippen molar-refractivity contribution >= 4 is 17.9 Å². The average Bonchev–Trinajstić information content (AvgIpc) is 2.60. The summed E-state index contributed by atoms with van der Waals surface area (Å²) in [5.41, 5.74) is 1.28. The first-order valence-electron chi connectivity index (χ1n) is 7.70. The van der Waals surface area contributed by atoms with Crippen molar-refractivity contribution in [2.75, 3.05) is 18.5 Å². The molecule has 2 rings (SSSR count). The molecule has 0 saturated heterocycles. The summed E-state index contributed by atoms with van der Waals surface area (Å²) in [5.74, 6) is -0.267. The van der Waals surface area contributed by atoms with Crippen molar-refractivity contribution in [2.24, 2.45) is 5.10 Å². The zero-order chi connectivity index (χ0) is 18.9. The van der Waals surface area contributed by atoms with E-state index in [0.717, 1.165) is 0 Å². The van der Waals surface area contributed by atoms with Crippen LogP contribution in [-0.2, 0) is 4.79 Å². The average molecular weight is 362 g/mol. The Morgan fingerprint density at radius 1 is 1.42 bits per heavy atom. The molecule has 0 fully saturated rings. The van der Waals surface area contributed by atoms with E-state index in [1.165, 1.54) is 6.21 Å². The van der Waals surface area contributed by atoms with E-state index in [1.807, 2.05) is 4.98 Å². The van der Waals surface area contributed by atoms with Gasteiger partial charge in [-0.1, -0.05) is 6.07 Å². The Kier molecular flexibility index (Phi) is 6.48. The molecule has 5 N–H and O–H groups in total. The Bertz CT molecular complexity index is 904. The number of hydrazone groups is 1. The Labute approximate surface area is 147 Å². The summed E-state index contributed by atoms with van der Waals surface area (Å²) < 4.78 is 5.25. The smallest absolute Gasteiger partial charge is 0.342 e. The molecule has 2 aromatic rings. The predicted octanol–water partition coefficient (Wildman–Crippen LogP) is -0.485. The van der Waals surface area contributed by atoms with Crippen LogP contribution in [0.4, 0.5) is 5.82 Å². The highest BCUT2D eigenvalue weighted by Gasteiger charge is 2.06. The number of benzene rings is 1. The fraction of sp³-hybridized carbons (Fsp3) is 0.267. The number of amides is 1. The van der Waals surface area contributed by atoms with Crippen LogP contribution in [0.25, 0.3) is 0 Å². The van der Waals surface area contributed by atoms with Crippen molar-refractivity contribution in [3.05, 3.63) is 44.6 Å². The highest BCUT2D eigenvalue weighted by atomic mass is 16.5. The molecule has 11 heteroatoms. The minimum Gasteiger partial charge on any atom is -0.504 e. The van der Waals surface area contributed by atoms with Crippen molar-refractivity contribution in [1.82, 2.24) is 20.6 Å².